The summed E-state index contributed by atoms with van der Waals surface area (Å²) in [6.07, 6.45) is 0.226. The maximum atomic E-state index is 10.7. The van der Waals surface area contributed by atoms with Crippen molar-refractivity contribution in [3.63, 3.8) is 0 Å². The van der Waals surface area contributed by atoms with E-state index in [1.165, 1.54) is 6.92 Å². The van der Waals surface area contributed by atoms with E-state index >= 15 is 0 Å². The van der Waals surface area contributed by atoms with Gasteiger partial charge in [0.25, 0.3) is 0 Å². The molecule has 0 atom stereocenters. The Balaban J connectivity index is 2.73. The highest BCUT2D eigenvalue weighted by Crippen LogP contribution is 2.02. The molecule has 0 fully saturated rings. The molecule has 1 aromatic carbocycles. The average Bonchev–Trinajstić information content (AvgIpc) is 2.05. The van der Waals surface area contributed by atoms with E-state index in [4.69, 9.17) is 5.41 Å². The van der Waals surface area contributed by atoms with Crippen LogP contribution in [0, 0.1) is 5.41 Å². The van der Waals surface area contributed by atoms with E-state index in [1.54, 1.807) is 0 Å². The fourth-order valence-electron chi connectivity index (χ4n) is 0.990. The van der Waals surface area contributed by atoms with Gasteiger partial charge in [-0.2, -0.15) is 0 Å². The molecule has 0 bridgehead atoms. The van der Waals surface area contributed by atoms with Crippen LogP contribution in [-0.4, -0.2) is 11.5 Å². The van der Waals surface area contributed by atoms with Crippen LogP contribution < -0.4 is 0 Å². The van der Waals surface area contributed by atoms with Gasteiger partial charge in [0.05, 0.1) is 0 Å². The summed E-state index contributed by atoms with van der Waals surface area (Å²) >= 11 is 0. The SMILES string of the molecule is CC(=O)CC(=N)c1ccccc1. The van der Waals surface area contributed by atoms with Crippen LogP contribution in [0.3, 0.4) is 0 Å². The largest absolute Gasteiger partial charge is 0.304 e. The second-order valence-corrected chi connectivity index (χ2v) is 2.72. The van der Waals surface area contributed by atoms with Crippen LogP contribution in [-0.2, 0) is 4.79 Å². The maximum absolute atomic E-state index is 10.7. The van der Waals surface area contributed by atoms with Crippen molar-refractivity contribution in [3.8, 4) is 0 Å². The van der Waals surface area contributed by atoms with Gasteiger partial charge >= 0.3 is 0 Å². The molecule has 0 saturated heterocycles. The summed E-state index contributed by atoms with van der Waals surface area (Å²) in [5.74, 6) is 0.0313. The normalized spacial score (nSPS) is 9.42. The monoisotopic (exact) mass is 161 g/mol. The summed E-state index contributed by atoms with van der Waals surface area (Å²) in [4.78, 5) is 10.7. The first-order valence-corrected chi connectivity index (χ1v) is 3.82. The van der Waals surface area contributed by atoms with Crippen LogP contribution in [0.2, 0.25) is 0 Å². The first-order valence-electron chi connectivity index (χ1n) is 3.82. The van der Waals surface area contributed by atoms with Gasteiger partial charge in [-0.25, -0.2) is 0 Å². The van der Waals surface area contributed by atoms with Gasteiger partial charge in [0.2, 0.25) is 0 Å². The standard InChI is InChI=1S/C10H11NO/c1-8(12)7-10(11)9-5-3-2-4-6-9/h2-6,11H,7H2,1H3. The Kier molecular flexibility index (Phi) is 2.75. The summed E-state index contributed by atoms with van der Waals surface area (Å²) in [6, 6.07) is 9.30. The fraction of sp³-hybridized carbons (Fsp3) is 0.200. The highest BCUT2D eigenvalue weighted by Gasteiger charge is 2.02. The Morgan fingerprint density at radius 2 is 1.92 bits per heavy atom. The van der Waals surface area contributed by atoms with E-state index in [-0.39, 0.29) is 12.2 Å². The van der Waals surface area contributed by atoms with Crippen molar-refractivity contribution in [2.75, 3.05) is 0 Å². The predicted octanol–water partition coefficient (Wildman–Crippen LogP) is 2.03. The van der Waals surface area contributed by atoms with Gasteiger partial charge in [0.1, 0.15) is 5.78 Å². The molecule has 2 nitrogen and oxygen atoms in total. The van der Waals surface area contributed by atoms with E-state index in [1.807, 2.05) is 30.3 Å². The molecular weight excluding hydrogens is 150 g/mol. The first-order chi connectivity index (χ1) is 5.70. The highest BCUT2D eigenvalue weighted by molar-refractivity contribution is 6.08. The number of hydrogen-bond acceptors (Lipinski definition) is 2. The number of carbonyl (C=O) groups excluding carboxylic acids is 1. The summed E-state index contributed by atoms with van der Waals surface area (Å²) in [6.45, 7) is 1.50. The molecule has 62 valence electrons. The van der Waals surface area contributed by atoms with Gasteiger partial charge in [-0.15, -0.1) is 0 Å². The third kappa shape index (κ3) is 2.31. The zero-order chi connectivity index (χ0) is 8.97. The molecule has 12 heavy (non-hydrogen) atoms. The minimum absolute atomic E-state index is 0.0313. The smallest absolute Gasteiger partial charge is 0.135 e. The van der Waals surface area contributed by atoms with Crippen LogP contribution in [0.5, 0.6) is 0 Å². The Bertz CT molecular complexity index is 290. The summed E-state index contributed by atoms with van der Waals surface area (Å²) in [5.41, 5.74) is 1.22. The molecule has 1 aromatic rings. The molecule has 0 spiro atoms. The highest BCUT2D eigenvalue weighted by atomic mass is 16.1. The van der Waals surface area contributed by atoms with Crippen LogP contribution in [0.15, 0.2) is 30.3 Å². The number of ketones is 1. The van der Waals surface area contributed by atoms with E-state index in [0.29, 0.717) is 5.71 Å². The number of nitrogens with one attached hydrogen (secondary N) is 1. The Hall–Kier alpha value is -1.44. The van der Waals surface area contributed by atoms with E-state index in [2.05, 4.69) is 0 Å². The fourth-order valence-corrected chi connectivity index (χ4v) is 0.990. The maximum Gasteiger partial charge on any atom is 0.135 e. The molecule has 0 radical (unpaired) electrons. The molecular formula is C10H11NO. The van der Waals surface area contributed by atoms with Gasteiger partial charge in [0, 0.05) is 12.1 Å². The minimum atomic E-state index is 0.0313. The summed E-state index contributed by atoms with van der Waals surface area (Å²) in [7, 11) is 0. The second-order valence-electron chi connectivity index (χ2n) is 2.72. The van der Waals surface area contributed by atoms with Crippen molar-refractivity contribution in [3.05, 3.63) is 35.9 Å². The Labute approximate surface area is 71.7 Å². The van der Waals surface area contributed by atoms with Crippen molar-refractivity contribution < 1.29 is 4.79 Å². The Morgan fingerprint density at radius 3 is 2.42 bits per heavy atom. The zero-order valence-corrected chi connectivity index (χ0v) is 7.00. The molecule has 1 N–H and O–H groups in total. The lowest BCUT2D eigenvalue weighted by Gasteiger charge is -1.99. The van der Waals surface area contributed by atoms with Crippen molar-refractivity contribution in [1.29, 1.82) is 5.41 Å². The number of hydrogen-bond donors (Lipinski definition) is 1. The molecule has 1 rings (SSSR count). The zero-order valence-electron chi connectivity index (χ0n) is 7.00. The molecule has 0 aliphatic rings. The third-order valence-corrected chi connectivity index (χ3v) is 1.55. The van der Waals surface area contributed by atoms with Gasteiger partial charge in [-0.1, -0.05) is 30.3 Å². The molecule has 2 heteroatoms. The number of Topliss-reactive ketones (excluding diaryl/α,β-unsaturated/α-hetero) is 1. The minimum Gasteiger partial charge on any atom is -0.304 e. The second kappa shape index (κ2) is 3.81. The number of benzene rings is 1. The molecule has 0 saturated carbocycles. The summed E-state index contributed by atoms with van der Waals surface area (Å²) < 4.78 is 0. The van der Waals surface area contributed by atoms with Crippen LogP contribution in [0.1, 0.15) is 18.9 Å². The van der Waals surface area contributed by atoms with Gasteiger partial charge < -0.3 is 5.41 Å². The first kappa shape index (κ1) is 8.65. The lowest BCUT2D eigenvalue weighted by Crippen LogP contribution is -2.04. The molecule has 0 amide bonds. The van der Waals surface area contributed by atoms with Gasteiger partial charge in [-0.3, -0.25) is 4.79 Å². The Morgan fingerprint density at radius 1 is 1.33 bits per heavy atom. The lowest BCUT2D eigenvalue weighted by atomic mass is 10.1. The van der Waals surface area contributed by atoms with Gasteiger partial charge in [-0.05, 0) is 12.5 Å². The van der Waals surface area contributed by atoms with Crippen molar-refractivity contribution in [1.82, 2.24) is 0 Å². The topological polar surface area (TPSA) is 40.9 Å². The third-order valence-electron chi connectivity index (χ3n) is 1.55. The van der Waals surface area contributed by atoms with Crippen molar-refractivity contribution >= 4 is 11.5 Å². The number of rotatable bonds is 3. The van der Waals surface area contributed by atoms with Gasteiger partial charge in [0.15, 0.2) is 0 Å². The quantitative estimate of drug-likeness (QED) is 0.677. The van der Waals surface area contributed by atoms with Crippen LogP contribution >= 0.6 is 0 Å². The predicted molar refractivity (Wildman–Crippen MR) is 48.6 cm³/mol. The van der Waals surface area contributed by atoms with Crippen LogP contribution in [0.25, 0.3) is 0 Å². The van der Waals surface area contributed by atoms with Crippen LogP contribution in [0.4, 0.5) is 0 Å². The molecule has 0 aromatic heterocycles. The molecule has 0 unspecified atom stereocenters. The lowest BCUT2D eigenvalue weighted by molar-refractivity contribution is -0.115. The van der Waals surface area contributed by atoms with Crippen molar-refractivity contribution in [2.45, 2.75) is 13.3 Å². The average molecular weight is 161 g/mol. The molecule has 0 heterocycles. The van der Waals surface area contributed by atoms with E-state index < -0.39 is 0 Å². The molecule has 0 aliphatic carbocycles. The molecule has 0 aliphatic heterocycles. The van der Waals surface area contributed by atoms with E-state index in [9.17, 15) is 4.79 Å². The summed E-state index contributed by atoms with van der Waals surface area (Å²) in [5, 5.41) is 7.54. The van der Waals surface area contributed by atoms with Crippen molar-refractivity contribution in [2.24, 2.45) is 0 Å². The number of carbonyl (C=O) groups is 1. The van der Waals surface area contributed by atoms with E-state index in [0.717, 1.165) is 5.56 Å².